The average molecular weight is 375 g/mol. The first-order valence-corrected chi connectivity index (χ1v) is 7.73. The van der Waals surface area contributed by atoms with Crippen LogP contribution in [0.1, 0.15) is 5.56 Å². The molecule has 0 saturated carbocycles. The van der Waals surface area contributed by atoms with Gasteiger partial charge in [-0.2, -0.15) is 4.80 Å². The molecule has 1 heterocycles. The van der Waals surface area contributed by atoms with E-state index in [9.17, 15) is 0 Å². The molecule has 0 aliphatic heterocycles. The first-order valence-electron chi connectivity index (χ1n) is 6.94. The molecule has 0 saturated heterocycles. The largest absolute Gasteiger partial charge is 0.497 e. The standard InChI is InChI=1S/C16H15BrN4O2/c1-22-14-5-3-4-11(9-14)16-18-20-21(19-16)10-12-8-13(17)6-7-15(12)23-2/h3-9H,10H2,1-2H3. The number of halogens is 1. The Morgan fingerprint density at radius 1 is 1.09 bits per heavy atom. The van der Waals surface area contributed by atoms with Gasteiger partial charge in [0.2, 0.25) is 5.82 Å². The maximum Gasteiger partial charge on any atom is 0.205 e. The quantitative estimate of drug-likeness (QED) is 0.686. The molecule has 1 aromatic heterocycles. The topological polar surface area (TPSA) is 62.1 Å². The molecule has 0 amide bonds. The summed E-state index contributed by atoms with van der Waals surface area (Å²) in [6, 6.07) is 13.4. The second-order valence-electron chi connectivity index (χ2n) is 4.83. The van der Waals surface area contributed by atoms with Crippen molar-refractivity contribution in [1.29, 1.82) is 0 Å². The van der Waals surface area contributed by atoms with Gasteiger partial charge in [-0.15, -0.1) is 10.2 Å². The summed E-state index contributed by atoms with van der Waals surface area (Å²) in [7, 11) is 3.27. The highest BCUT2D eigenvalue weighted by atomic mass is 79.9. The normalized spacial score (nSPS) is 10.6. The van der Waals surface area contributed by atoms with Crippen molar-refractivity contribution in [2.75, 3.05) is 14.2 Å². The van der Waals surface area contributed by atoms with Gasteiger partial charge in [0.15, 0.2) is 0 Å². The third-order valence-corrected chi connectivity index (χ3v) is 3.83. The first-order chi connectivity index (χ1) is 11.2. The number of methoxy groups -OCH3 is 2. The molecule has 0 aliphatic carbocycles. The zero-order chi connectivity index (χ0) is 16.2. The second-order valence-corrected chi connectivity index (χ2v) is 5.75. The summed E-state index contributed by atoms with van der Waals surface area (Å²) in [4.78, 5) is 1.54. The Balaban J connectivity index is 1.86. The number of hydrogen-bond donors (Lipinski definition) is 0. The van der Waals surface area contributed by atoms with Gasteiger partial charge >= 0.3 is 0 Å². The van der Waals surface area contributed by atoms with Crippen LogP contribution in [0.2, 0.25) is 0 Å². The van der Waals surface area contributed by atoms with Crippen molar-refractivity contribution in [3.05, 3.63) is 52.5 Å². The zero-order valence-corrected chi connectivity index (χ0v) is 14.3. The predicted molar refractivity (Wildman–Crippen MR) is 89.6 cm³/mol. The summed E-state index contributed by atoms with van der Waals surface area (Å²) < 4.78 is 11.6. The summed E-state index contributed by atoms with van der Waals surface area (Å²) in [5.41, 5.74) is 1.83. The van der Waals surface area contributed by atoms with Gasteiger partial charge in [-0.3, -0.25) is 0 Å². The lowest BCUT2D eigenvalue weighted by molar-refractivity contribution is 0.405. The Morgan fingerprint density at radius 3 is 2.74 bits per heavy atom. The Labute approximate surface area is 142 Å². The molecule has 0 atom stereocenters. The smallest absolute Gasteiger partial charge is 0.205 e. The molecule has 0 bridgehead atoms. The summed E-state index contributed by atoms with van der Waals surface area (Å²) in [6.07, 6.45) is 0. The van der Waals surface area contributed by atoms with E-state index in [-0.39, 0.29) is 0 Å². The monoisotopic (exact) mass is 374 g/mol. The Morgan fingerprint density at radius 2 is 1.96 bits per heavy atom. The molecule has 2 aromatic carbocycles. The van der Waals surface area contributed by atoms with Crippen LogP contribution in [0.4, 0.5) is 0 Å². The second kappa shape index (κ2) is 6.78. The van der Waals surface area contributed by atoms with Gasteiger partial charge in [-0.25, -0.2) is 0 Å². The molecule has 7 heteroatoms. The Bertz CT molecular complexity index is 819. The van der Waals surface area contributed by atoms with Gasteiger partial charge in [-0.1, -0.05) is 28.1 Å². The summed E-state index contributed by atoms with van der Waals surface area (Å²) in [5.74, 6) is 2.10. The molecule has 0 N–H and O–H groups in total. The zero-order valence-electron chi connectivity index (χ0n) is 12.7. The average Bonchev–Trinajstić information content (AvgIpc) is 3.04. The molecule has 23 heavy (non-hydrogen) atoms. The minimum atomic E-state index is 0.472. The van der Waals surface area contributed by atoms with E-state index in [1.165, 1.54) is 0 Å². The SMILES string of the molecule is COc1cccc(-c2nnn(Cc3cc(Br)ccc3OC)n2)c1. The van der Waals surface area contributed by atoms with Crippen LogP contribution >= 0.6 is 15.9 Å². The number of tetrazole rings is 1. The number of ether oxygens (including phenoxy) is 2. The fourth-order valence-electron chi connectivity index (χ4n) is 2.21. The van der Waals surface area contributed by atoms with Crippen LogP contribution in [0.25, 0.3) is 11.4 Å². The van der Waals surface area contributed by atoms with Crippen molar-refractivity contribution in [3.8, 4) is 22.9 Å². The molecule has 0 radical (unpaired) electrons. The molecule has 0 spiro atoms. The molecule has 0 unspecified atom stereocenters. The Hall–Kier alpha value is -2.41. The molecule has 0 aliphatic rings. The van der Waals surface area contributed by atoms with Crippen LogP contribution in [-0.2, 0) is 6.54 Å². The molecule has 3 rings (SSSR count). The molecule has 6 nitrogen and oxygen atoms in total. The van der Waals surface area contributed by atoms with Crippen molar-refractivity contribution in [3.63, 3.8) is 0 Å². The van der Waals surface area contributed by atoms with E-state index in [4.69, 9.17) is 9.47 Å². The van der Waals surface area contributed by atoms with Crippen LogP contribution in [0.3, 0.4) is 0 Å². The lowest BCUT2D eigenvalue weighted by Crippen LogP contribution is -2.05. The van der Waals surface area contributed by atoms with Crippen LogP contribution in [0, 0.1) is 0 Å². The minimum Gasteiger partial charge on any atom is -0.497 e. The van der Waals surface area contributed by atoms with E-state index in [0.717, 1.165) is 27.1 Å². The number of hydrogen-bond acceptors (Lipinski definition) is 5. The fourth-order valence-corrected chi connectivity index (χ4v) is 2.62. The van der Waals surface area contributed by atoms with E-state index < -0.39 is 0 Å². The van der Waals surface area contributed by atoms with E-state index in [0.29, 0.717) is 12.4 Å². The van der Waals surface area contributed by atoms with E-state index in [1.54, 1.807) is 19.0 Å². The molecule has 118 valence electrons. The van der Waals surface area contributed by atoms with Crippen LogP contribution in [0.5, 0.6) is 11.5 Å². The van der Waals surface area contributed by atoms with E-state index in [1.807, 2.05) is 42.5 Å². The van der Waals surface area contributed by atoms with Crippen molar-refractivity contribution < 1.29 is 9.47 Å². The van der Waals surface area contributed by atoms with Crippen LogP contribution < -0.4 is 9.47 Å². The lowest BCUT2D eigenvalue weighted by atomic mass is 10.2. The molecule has 3 aromatic rings. The number of aromatic nitrogens is 4. The maximum absolute atomic E-state index is 5.37. The summed E-state index contributed by atoms with van der Waals surface area (Å²) >= 11 is 3.46. The van der Waals surface area contributed by atoms with Gasteiger partial charge in [0.25, 0.3) is 0 Å². The summed E-state index contributed by atoms with van der Waals surface area (Å²) in [6.45, 7) is 0.472. The van der Waals surface area contributed by atoms with Crippen molar-refractivity contribution in [1.82, 2.24) is 20.2 Å². The number of benzene rings is 2. The first kappa shape index (κ1) is 15.5. The Kier molecular flexibility index (Phi) is 4.57. The van der Waals surface area contributed by atoms with E-state index >= 15 is 0 Å². The fraction of sp³-hybridized carbons (Fsp3) is 0.188. The highest BCUT2D eigenvalue weighted by molar-refractivity contribution is 9.10. The van der Waals surface area contributed by atoms with Gasteiger partial charge < -0.3 is 9.47 Å². The molecular formula is C16H15BrN4O2. The van der Waals surface area contributed by atoms with Crippen molar-refractivity contribution >= 4 is 15.9 Å². The highest BCUT2D eigenvalue weighted by Gasteiger charge is 2.10. The lowest BCUT2D eigenvalue weighted by Gasteiger charge is -2.07. The molecular weight excluding hydrogens is 360 g/mol. The highest BCUT2D eigenvalue weighted by Crippen LogP contribution is 2.24. The van der Waals surface area contributed by atoms with Crippen LogP contribution in [0.15, 0.2) is 46.9 Å². The van der Waals surface area contributed by atoms with Gasteiger partial charge in [0, 0.05) is 15.6 Å². The minimum absolute atomic E-state index is 0.472. The van der Waals surface area contributed by atoms with Crippen molar-refractivity contribution in [2.45, 2.75) is 6.54 Å². The van der Waals surface area contributed by atoms with Crippen molar-refractivity contribution in [2.24, 2.45) is 0 Å². The predicted octanol–water partition coefficient (Wildman–Crippen LogP) is 3.17. The van der Waals surface area contributed by atoms with E-state index in [2.05, 4.69) is 31.3 Å². The summed E-state index contributed by atoms with van der Waals surface area (Å²) in [5, 5.41) is 12.6. The third kappa shape index (κ3) is 3.50. The molecule has 0 fully saturated rings. The maximum atomic E-state index is 5.37. The number of rotatable bonds is 5. The van der Waals surface area contributed by atoms with Gasteiger partial charge in [0.1, 0.15) is 11.5 Å². The third-order valence-electron chi connectivity index (χ3n) is 3.33. The van der Waals surface area contributed by atoms with Gasteiger partial charge in [0.05, 0.1) is 20.8 Å². The van der Waals surface area contributed by atoms with Crippen LogP contribution in [-0.4, -0.2) is 34.4 Å². The number of nitrogens with zero attached hydrogens (tertiary/aromatic N) is 4. The van der Waals surface area contributed by atoms with Gasteiger partial charge in [-0.05, 0) is 35.5 Å².